The van der Waals surface area contributed by atoms with Crippen LogP contribution < -0.4 is 5.73 Å². The standard InChI is InChI=1S/C11H14N2/c1-2-8-3-4-11-9(5-8)6-10(7-12)13-11/h3-6,13H,2,7,12H2,1H3. The van der Waals surface area contributed by atoms with E-state index >= 15 is 0 Å². The molecule has 0 spiro atoms. The highest BCUT2D eigenvalue weighted by Crippen LogP contribution is 2.17. The lowest BCUT2D eigenvalue weighted by atomic mass is 10.1. The van der Waals surface area contributed by atoms with Crippen molar-refractivity contribution in [2.24, 2.45) is 5.73 Å². The zero-order valence-corrected chi connectivity index (χ0v) is 7.80. The van der Waals surface area contributed by atoms with E-state index in [1.54, 1.807) is 0 Å². The summed E-state index contributed by atoms with van der Waals surface area (Å²) in [6, 6.07) is 8.60. The molecule has 1 aromatic carbocycles. The van der Waals surface area contributed by atoms with Gasteiger partial charge in [-0.1, -0.05) is 13.0 Å². The largest absolute Gasteiger partial charge is 0.357 e. The van der Waals surface area contributed by atoms with Crippen LogP contribution in [-0.4, -0.2) is 4.98 Å². The number of fused-ring (bicyclic) bond motifs is 1. The van der Waals surface area contributed by atoms with E-state index in [4.69, 9.17) is 5.73 Å². The molecule has 0 saturated carbocycles. The van der Waals surface area contributed by atoms with Crippen LogP contribution in [0.4, 0.5) is 0 Å². The fraction of sp³-hybridized carbons (Fsp3) is 0.273. The number of aromatic nitrogens is 1. The Balaban J connectivity index is 2.57. The molecule has 0 fully saturated rings. The molecule has 0 saturated heterocycles. The number of hydrogen-bond donors (Lipinski definition) is 2. The SMILES string of the molecule is CCc1ccc2[nH]c(CN)cc2c1. The molecule has 3 N–H and O–H groups in total. The van der Waals surface area contributed by atoms with Crippen molar-refractivity contribution in [3.05, 3.63) is 35.5 Å². The van der Waals surface area contributed by atoms with Crippen LogP contribution in [0.15, 0.2) is 24.3 Å². The minimum Gasteiger partial charge on any atom is -0.357 e. The van der Waals surface area contributed by atoms with Crippen LogP contribution in [0.5, 0.6) is 0 Å². The predicted octanol–water partition coefficient (Wildman–Crippen LogP) is 2.19. The molecule has 0 radical (unpaired) electrons. The van der Waals surface area contributed by atoms with Crippen molar-refractivity contribution in [2.45, 2.75) is 19.9 Å². The molecule has 68 valence electrons. The summed E-state index contributed by atoms with van der Waals surface area (Å²) < 4.78 is 0. The van der Waals surface area contributed by atoms with Crippen molar-refractivity contribution in [3.63, 3.8) is 0 Å². The summed E-state index contributed by atoms with van der Waals surface area (Å²) in [7, 11) is 0. The fourth-order valence-corrected chi connectivity index (χ4v) is 1.57. The zero-order chi connectivity index (χ0) is 9.26. The molecule has 0 aliphatic carbocycles. The summed E-state index contributed by atoms with van der Waals surface area (Å²) in [6.45, 7) is 2.74. The number of benzene rings is 1. The van der Waals surface area contributed by atoms with Gasteiger partial charge < -0.3 is 10.7 Å². The maximum Gasteiger partial charge on any atom is 0.0456 e. The summed E-state index contributed by atoms with van der Waals surface area (Å²) in [4.78, 5) is 3.27. The number of aryl methyl sites for hydroxylation is 1. The molecular weight excluding hydrogens is 160 g/mol. The summed E-state index contributed by atoms with van der Waals surface area (Å²) >= 11 is 0. The highest BCUT2D eigenvalue weighted by molar-refractivity contribution is 5.81. The summed E-state index contributed by atoms with van der Waals surface area (Å²) in [5, 5.41) is 1.26. The molecule has 0 aliphatic rings. The number of hydrogen-bond acceptors (Lipinski definition) is 1. The molecule has 0 aliphatic heterocycles. The number of nitrogens with one attached hydrogen (secondary N) is 1. The van der Waals surface area contributed by atoms with E-state index in [1.807, 2.05) is 0 Å². The Morgan fingerprint density at radius 1 is 1.31 bits per heavy atom. The van der Waals surface area contributed by atoms with Crippen molar-refractivity contribution in [2.75, 3.05) is 0 Å². The lowest BCUT2D eigenvalue weighted by molar-refractivity contribution is 1.02. The van der Waals surface area contributed by atoms with E-state index in [0.717, 1.165) is 12.1 Å². The van der Waals surface area contributed by atoms with Gasteiger partial charge in [-0.15, -0.1) is 0 Å². The molecule has 2 rings (SSSR count). The van der Waals surface area contributed by atoms with Crippen LogP contribution in [0.3, 0.4) is 0 Å². The van der Waals surface area contributed by atoms with E-state index in [0.29, 0.717) is 6.54 Å². The first-order valence-electron chi connectivity index (χ1n) is 4.64. The summed E-state index contributed by atoms with van der Waals surface area (Å²) in [5.74, 6) is 0. The molecule has 0 unspecified atom stereocenters. The van der Waals surface area contributed by atoms with Crippen molar-refractivity contribution in [1.29, 1.82) is 0 Å². The van der Waals surface area contributed by atoms with Crippen molar-refractivity contribution < 1.29 is 0 Å². The molecule has 2 heteroatoms. The van der Waals surface area contributed by atoms with Gasteiger partial charge >= 0.3 is 0 Å². The average Bonchev–Trinajstić information content (AvgIpc) is 2.58. The lowest BCUT2D eigenvalue weighted by Crippen LogP contribution is -1.94. The van der Waals surface area contributed by atoms with Gasteiger partial charge in [-0.25, -0.2) is 0 Å². The van der Waals surface area contributed by atoms with E-state index in [2.05, 4.69) is 36.2 Å². The average molecular weight is 174 g/mol. The summed E-state index contributed by atoms with van der Waals surface area (Å²) in [6.07, 6.45) is 1.08. The molecule has 0 atom stereocenters. The third-order valence-electron chi connectivity index (χ3n) is 2.37. The first kappa shape index (κ1) is 8.32. The maximum absolute atomic E-state index is 5.55. The second kappa shape index (κ2) is 3.23. The quantitative estimate of drug-likeness (QED) is 0.720. The van der Waals surface area contributed by atoms with Gasteiger partial charge in [0.05, 0.1) is 0 Å². The smallest absolute Gasteiger partial charge is 0.0456 e. The molecule has 2 aromatic rings. The lowest BCUT2D eigenvalue weighted by Gasteiger charge is -1.94. The van der Waals surface area contributed by atoms with Crippen LogP contribution in [0.2, 0.25) is 0 Å². The number of aromatic amines is 1. The molecule has 2 nitrogen and oxygen atoms in total. The molecule has 1 aromatic heterocycles. The Hall–Kier alpha value is -1.28. The van der Waals surface area contributed by atoms with E-state index < -0.39 is 0 Å². The Bertz CT molecular complexity index is 413. The van der Waals surface area contributed by atoms with E-state index in [9.17, 15) is 0 Å². The van der Waals surface area contributed by atoms with Gasteiger partial charge in [-0.2, -0.15) is 0 Å². The first-order chi connectivity index (χ1) is 6.33. The Morgan fingerprint density at radius 2 is 2.15 bits per heavy atom. The molecule has 0 bridgehead atoms. The second-order valence-electron chi connectivity index (χ2n) is 3.27. The molecule has 13 heavy (non-hydrogen) atoms. The predicted molar refractivity (Wildman–Crippen MR) is 55.6 cm³/mol. The fourth-order valence-electron chi connectivity index (χ4n) is 1.57. The van der Waals surface area contributed by atoms with E-state index in [-0.39, 0.29) is 0 Å². The molecular formula is C11H14N2. The van der Waals surface area contributed by atoms with Crippen molar-refractivity contribution in [1.82, 2.24) is 4.98 Å². The first-order valence-corrected chi connectivity index (χ1v) is 4.64. The van der Waals surface area contributed by atoms with Crippen LogP contribution in [0.25, 0.3) is 10.9 Å². The monoisotopic (exact) mass is 174 g/mol. The van der Waals surface area contributed by atoms with Crippen LogP contribution in [-0.2, 0) is 13.0 Å². The topological polar surface area (TPSA) is 41.8 Å². The Kier molecular flexibility index (Phi) is 2.07. The Morgan fingerprint density at radius 3 is 2.85 bits per heavy atom. The van der Waals surface area contributed by atoms with Gasteiger partial charge in [-0.05, 0) is 35.6 Å². The normalized spacial score (nSPS) is 10.9. The van der Waals surface area contributed by atoms with Crippen molar-refractivity contribution >= 4 is 10.9 Å². The second-order valence-corrected chi connectivity index (χ2v) is 3.27. The van der Waals surface area contributed by atoms with Crippen LogP contribution >= 0.6 is 0 Å². The number of rotatable bonds is 2. The maximum atomic E-state index is 5.55. The molecule has 0 amide bonds. The van der Waals surface area contributed by atoms with E-state index in [1.165, 1.54) is 16.5 Å². The van der Waals surface area contributed by atoms with Gasteiger partial charge in [-0.3, -0.25) is 0 Å². The highest BCUT2D eigenvalue weighted by Gasteiger charge is 1.99. The molecule has 1 heterocycles. The highest BCUT2D eigenvalue weighted by atomic mass is 14.7. The Labute approximate surface area is 77.8 Å². The van der Waals surface area contributed by atoms with Gasteiger partial charge in [0.15, 0.2) is 0 Å². The van der Waals surface area contributed by atoms with Crippen LogP contribution in [0, 0.1) is 0 Å². The third kappa shape index (κ3) is 1.45. The van der Waals surface area contributed by atoms with Gasteiger partial charge in [0, 0.05) is 17.8 Å². The number of H-pyrrole nitrogens is 1. The minimum atomic E-state index is 0.580. The number of nitrogens with two attached hydrogens (primary N) is 1. The van der Waals surface area contributed by atoms with Crippen LogP contribution in [0.1, 0.15) is 18.2 Å². The van der Waals surface area contributed by atoms with Crippen molar-refractivity contribution in [3.8, 4) is 0 Å². The zero-order valence-electron chi connectivity index (χ0n) is 7.80. The minimum absolute atomic E-state index is 0.580. The van der Waals surface area contributed by atoms with Gasteiger partial charge in [0.1, 0.15) is 0 Å². The third-order valence-corrected chi connectivity index (χ3v) is 2.37. The van der Waals surface area contributed by atoms with Gasteiger partial charge in [0.2, 0.25) is 0 Å². The van der Waals surface area contributed by atoms with Gasteiger partial charge in [0.25, 0.3) is 0 Å². The summed E-state index contributed by atoms with van der Waals surface area (Å²) in [5.41, 5.74) is 9.20.